The first kappa shape index (κ1) is 26.2. The molecule has 0 fully saturated rings. The smallest absolute Gasteiger partial charge is 0.0802 e. The monoisotopic (exact) mass is 512 g/mol. The van der Waals surface area contributed by atoms with E-state index in [2.05, 4.69) is 135 Å². The van der Waals surface area contributed by atoms with Crippen molar-refractivity contribution in [3.05, 3.63) is 143 Å². The fourth-order valence-electron chi connectivity index (χ4n) is 6.06. The van der Waals surface area contributed by atoms with Crippen molar-refractivity contribution in [2.75, 3.05) is 0 Å². The zero-order valence-electron chi connectivity index (χ0n) is 23.0. The lowest BCUT2D eigenvalue weighted by atomic mass is 10.1. The largest absolute Gasteiger partial charge is 0.176 e. The minimum atomic E-state index is -2.53. The second-order valence-corrected chi connectivity index (χ2v) is 14.4. The molecular weight excluding hydrogens is 472 g/mol. The van der Waals surface area contributed by atoms with Gasteiger partial charge in [0, 0.05) is 0 Å². The average molecular weight is 513 g/mol. The summed E-state index contributed by atoms with van der Waals surface area (Å²) in [5.74, 6) is 0. The van der Waals surface area contributed by atoms with Crippen LogP contribution in [0.3, 0.4) is 0 Å². The normalized spacial score (nSPS) is 13.3. The number of benzene rings is 4. The summed E-state index contributed by atoms with van der Waals surface area (Å²) in [6.45, 7) is 4.55. The molecule has 0 bridgehead atoms. The molecule has 0 heterocycles. The molecule has 5 rings (SSSR count). The third-order valence-corrected chi connectivity index (χ3v) is 13.1. The zero-order chi connectivity index (χ0) is 26.2. The first-order valence-corrected chi connectivity index (χ1v) is 16.5. The Kier molecular flexibility index (Phi) is 8.56. The van der Waals surface area contributed by atoms with Gasteiger partial charge >= 0.3 is 0 Å². The van der Waals surface area contributed by atoms with Gasteiger partial charge in [0.2, 0.25) is 0 Å². The van der Waals surface area contributed by atoms with Crippen molar-refractivity contribution in [2.45, 2.75) is 58.8 Å². The van der Waals surface area contributed by atoms with E-state index in [9.17, 15) is 0 Å². The van der Waals surface area contributed by atoms with Crippen molar-refractivity contribution in [1.29, 1.82) is 0 Å². The van der Waals surface area contributed by atoms with Gasteiger partial charge in [-0.3, -0.25) is 0 Å². The molecule has 0 saturated heterocycles. The minimum absolute atomic E-state index is 1.00. The highest BCUT2D eigenvalue weighted by atomic mass is 28.3. The Hall–Kier alpha value is -3.42. The van der Waals surface area contributed by atoms with Crippen molar-refractivity contribution >= 4 is 29.2 Å². The van der Waals surface area contributed by atoms with Gasteiger partial charge in [-0.05, 0) is 69.9 Å². The predicted molar refractivity (Wildman–Crippen MR) is 168 cm³/mol. The average Bonchev–Trinajstić information content (AvgIpc) is 3.48. The van der Waals surface area contributed by atoms with Gasteiger partial charge in [-0.1, -0.05) is 153 Å². The number of allylic oxidation sites excluding steroid dienone is 4. The topological polar surface area (TPSA) is 0 Å². The number of rotatable bonds is 11. The number of hydrogen-bond donors (Lipinski definition) is 0. The van der Waals surface area contributed by atoms with Gasteiger partial charge in [-0.25, -0.2) is 0 Å². The van der Waals surface area contributed by atoms with Gasteiger partial charge < -0.3 is 0 Å². The Bertz CT molecular complexity index is 1310. The quantitative estimate of drug-likeness (QED) is 0.142. The van der Waals surface area contributed by atoms with Crippen LogP contribution in [0.25, 0.3) is 5.57 Å². The maximum Gasteiger partial charge on any atom is 0.176 e. The highest BCUT2D eigenvalue weighted by molar-refractivity contribution is 7.16. The molecule has 192 valence electrons. The van der Waals surface area contributed by atoms with Crippen LogP contribution in [-0.4, -0.2) is 8.07 Å². The van der Waals surface area contributed by atoms with E-state index in [-0.39, 0.29) is 0 Å². The maximum absolute atomic E-state index is 2.53. The molecule has 0 spiro atoms. The number of hydrogen-bond acceptors (Lipinski definition) is 0. The first-order valence-electron chi connectivity index (χ1n) is 14.5. The highest BCUT2D eigenvalue weighted by Crippen LogP contribution is 2.34. The van der Waals surface area contributed by atoms with Crippen molar-refractivity contribution in [1.82, 2.24) is 0 Å². The molecule has 0 nitrogen and oxygen atoms in total. The maximum atomic E-state index is 2.46. The molecule has 4 aromatic carbocycles. The standard InChI is InChI=1S/C37H40Si/c1-3-5-14-30-22-26-34(27-23-30)38(33-18-11-8-12-19-33,35-28-24-31(25-29-35)15-6-4-2)37-21-13-20-36(37)32-16-9-7-10-17-32/h7-13,16-20,22-29H,3-6,14-15,21H2,1-2H3. The Morgan fingerprint density at radius 3 is 1.53 bits per heavy atom. The number of unbranched alkanes of at least 4 members (excludes halogenated alkanes) is 2. The van der Waals surface area contributed by atoms with Gasteiger partial charge in [-0.15, -0.1) is 0 Å². The summed E-state index contributed by atoms with van der Waals surface area (Å²) >= 11 is 0. The summed E-state index contributed by atoms with van der Waals surface area (Å²) in [6.07, 6.45) is 13.0. The summed E-state index contributed by atoms with van der Waals surface area (Å²) in [5, 5.41) is 6.03. The van der Waals surface area contributed by atoms with E-state index in [4.69, 9.17) is 0 Å². The van der Waals surface area contributed by atoms with E-state index in [0.29, 0.717) is 0 Å². The molecule has 0 aliphatic heterocycles. The van der Waals surface area contributed by atoms with E-state index in [1.54, 1.807) is 5.20 Å². The van der Waals surface area contributed by atoms with Gasteiger partial charge in [-0.2, -0.15) is 0 Å². The van der Waals surface area contributed by atoms with E-state index >= 15 is 0 Å². The highest BCUT2D eigenvalue weighted by Gasteiger charge is 2.44. The Morgan fingerprint density at radius 1 is 0.553 bits per heavy atom. The van der Waals surface area contributed by atoms with Gasteiger partial charge in [0.1, 0.15) is 0 Å². The second-order valence-electron chi connectivity index (χ2n) is 10.6. The molecule has 0 N–H and O–H groups in total. The molecule has 0 aromatic heterocycles. The fourth-order valence-corrected chi connectivity index (χ4v) is 11.2. The van der Waals surface area contributed by atoms with Crippen LogP contribution in [0.5, 0.6) is 0 Å². The van der Waals surface area contributed by atoms with Crippen molar-refractivity contribution in [2.24, 2.45) is 0 Å². The van der Waals surface area contributed by atoms with Crippen LogP contribution < -0.4 is 15.6 Å². The van der Waals surface area contributed by atoms with E-state index in [1.807, 2.05) is 0 Å². The van der Waals surface area contributed by atoms with Crippen molar-refractivity contribution in [3.63, 3.8) is 0 Å². The van der Waals surface area contributed by atoms with Gasteiger partial charge in [0.25, 0.3) is 0 Å². The molecule has 4 aromatic rings. The lowest BCUT2D eigenvalue weighted by molar-refractivity contribution is 0.795. The molecule has 0 amide bonds. The molecule has 0 radical (unpaired) electrons. The zero-order valence-corrected chi connectivity index (χ0v) is 24.0. The number of aryl methyl sites for hydroxylation is 2. The fraction of sp³-hybridized carbons (Fsp3) is 0.243. The van der Waals surface area contributed by atoms with Crippen molar-refractivity contribution in [3.8, 4) is 0 Å². The molecule has 0 unspecified atom stereocenters. The Balaban J connectivity index is 1.77. The van der Waals surface area contributed by atoms with Crippen LogP contribution in [-0.2, 0) is 12.8 Å². The summed E-state index contributed by atoms with van der Waals surface area (Å²) in [6, 6.07) is 41.8. The van der Waals surface area contributed by atoms with Crippen LogP contribution in [0.15, 0.2) is 127 Å². The third kappa shape index (κ3) is 5.26. The summed E-state index contributed by atoms with van der Waals surface area (Å²) in [5.41, 5.74) is 5.63. The van der Waals surface area contributed by atoms with Crippen LogP contribution in [0.2, 0.25) is 0 Å². The van der Waals surface area contributed by atoms with Crippen LogP contribution >= 0.6 is 0 Å². The SMILES string of the molecule is CCCCc1ccc([Si](C2=C(c3ccccc3)C=CC2)(c2ccccc2)c2ccc(CCCC)cc2)cc1. The van der Waals surface area contributed by atoms with Gasteiger partial charge in [0.15, 0.2) is 8.07 Å². The van der Waals surface area contributed by atoms with E-state index in [1.165, 1.54) is 63.5 Å². The molecule has 0 atom stereocenters. The second kappa shape index (κ2) is 12.4. The van der Waals surface area contributed by atoms with Crippen LogP contribution in [0.1, 0.15) is 62.6 Å². The molecule has 0 saturated carbocycles. The molecule has 1 heteroatoms. The summed E-state index contributed by atoms with van der Waals surface area (Å²) < 4.78 is 0. The van der Waals surface area contributed by atoms with E-state index < -0.39 is 8.07 Å². The molecular formula is C37H40Si. The molecule has 38 heavy (non-hydrogen) atoms. The lowest BCUT2D eigenvalue weighted by Gasteiger charge is -2.36. The molecule has 1 aliphatic carbocycles. The summed E-state index contributed by atoms with van der Waals surface area (Å²) in [7, 11) is -2.53. The van der Waals surface area contributed by atoms with E-state index in [0.717, 1.165) is 19.3 Å². The lowest BCUT2D eigenvalue weighted by Crippen LogP contribution is -2.68. The van der Waals surface area contributed by atoms with Crippen molar-refractivity contribution < 1.29 is 0 Å². The summed E-state index contributed by atoms with van der Waals surface area (Å²) in [4.78, 5) is 0. The molecule has 1 aliphatic rings. The van der Waals surface area contributed by atoms with Crippen LogP contribution in [0, 0.1) is 0 Å². The van der Waals surface area contributed by atoms with Crippen LogP contribution in [0.4, 0.5) is 0 Å². The van der Waals surface area contributed by atoms with Gasteiger partial charge in [0.05, 0.1) is 0 Å². The Labute approximate surface area is 230 Å². The predicted octanol–water partition coefficient (Wildman–Crippen LogP) is 7.79. The third-order valence-electron chi connectivity index (χ3n) is 8.09. The Morgan fingerprint density at radius 2 is 1.03 bits per heavy atom. The minimum Gasteiger partial charge on any atom is -0.0802 e. The first-order chi connectivity index (χ1) is 18.8.